The van der Waals surface area contributed by atoms with E-state index in [0.29, 0.717) is 28.6 Å². The fraction of sp³-hybridized carbons (Fsp3) is 0.357. The van der Waals surface area contributed by atoms with Gasteiger partial charge in [0.05, 0.1) is 17.4 Å². The minimum atomic E-state index is -0.181. The number of aryl methyl sites for hydroxylation is 1. The number of nitrogens with zero attached hydrogens (tertiary/aromatic N) is 1. The maximum absolute atomic E-state index is 12.8. The lowest BCUT2D eigenvalue weighted by Gasteiger charge is -2.13. The van der Waals surface area contributed by atoms with Crippen molar-refractivity contribution in [3.05, 3.63) is 83.2 Å². The number of rotatable bonds is 10. The Balaban J connectivity index is 1.58. The zero-order valence-electron chi connectivity index (χ0n) is 20.2. The van der Waals surface area contributed by atoms with Crippen LogP contribution in [0, 0.1) is 6.92 Å². The van der Waals surface area contributed by atoms with Crippen LogP contribution >= 0.6 is 0 Å². The Kier molecular flexibility index (Phi) is 8.61. The molecular formula is C28H34N2O3. The summed E-state index contributed by atoms with van der Waals surface area (Å²) in [5.74, 6) is 1.81. The van der Waals surface area contributed by atoms with Crippen molar-refractivity contribution in [2.75, 3.05) is 11.9 Å². The van der Waals surface area contributed by atoms with Gasteiger partial charge in [0.2, 0.25) is 0 Å². The molecule has 1 heterocycles. The lowest BCUT2D eigenvalue weighted by Crippen LogP contribution is -2.16. The largest absolute Gasteiger partial charge is 0.457 e. The molecule has 1 atom stereocenters. The van der Waals surface area contributed by atoms with E-state index in [9.17, 15) is 4.79 Å². The normalized spacial score (nSPS) is 11.9. The highest BCUT2D eigenvalue weighted by Crippen LogP contribution is 2.25. The lowest BCUT2D eigenvalue weighted by atomic mass is 10.0. The van der Waals surface area contributed by atoms with Gasteiger partial charge < -0.3 is 14.8 Å². The summed E-state index contributed by atoms with van der Waals surface area (Å²) < 4.78 is 11.6. The summed E-state index contributed by atoms with van der Waals surface area (Å²) in [6.07, 6.45) is 1.82. The monoisotopic (exact) mass is 446 g/mol. The Labute approximate surface area is 197 Å². The molecule has 0 bridgehead atoms. The van der Waals surface area contributed by atoms with Gasteiger partial charge in [-0.3, -0.25) is 9.78 Å². The average molecular weight is 447 g/mol. The number of carbonyl (C=O) groups excluding carboxylic acids is 1. The molecule has 0 saturated heterocycles. The topological polar surface area (TPSA) is 60.5 Å². The van der Waals surface area contributed by atoms with Crippen LogP contribution in [-0.2, 0) is 11.2 Å². The van der Waals surface area contributed by atoms with E-state index in [2.05, 4.69) is 43.2 Å². The Bertz CT molecular complexity index is 1040. The summed E-state index contributed by atoms with van der Waals surface area (Å²) >= 11 is 0. The number of anilines is 1. The predicted octanol–water partition coefficient (Wildman–Crippen LogP) is 6.92. The second-order valence-corrected chi connectivity index (χ2v) is 8.63. The van der Waals surface area contributed by atoms with Crippen molar-refractivity contribution in [2.45, 2.75) is 59.5 Å². The Hall–Kier alpha value is -3.18. The molecular weight excluding hydrogens is 412 g/mol. The first-order valence-electron chi connectivity index (χ1n) is 11.6. The van der Waals surface area contributed by atoms with Crippen molar-refractivity contribution in [1.82, 2.24) is 4.98 Å². The minimum absolute atomic E-state index is 0.102. The molecule has 1 amide bonds. The van der Waals surface area contributed by atoms with Crippen molar-refractivity contribution in [3.63, 3.8) is 0 Å². The van der Waals surface area contributed by atoms with E-state index in [4.69, 9.17) is 9.47 Å². The van der Waals surface area contributed by atoms with Crippen LogP contribution in [-0.4, -0.2) is 23.6 Å². The predicted molar refractivity (Wildman–Crippen MR) is 133 cm³/mol. The highest BCUT2D eigenvalue weighted by Gasteiger charge is 2.13. The molecule has 1 unspecified atom stereocenters. The molecule has 3 aromatic rings. The van der Waals surface area contributed by atoms with Crippen molar-refractivity contribution < 1.29 is 14.3 Å². The van der Waals surface area contributed by atoms with Crippen LogP contribution < -0.4 is 10.1 Å². The van der Waals surface area contributed by atoms with Gasteiger partial charge in [0.15, 0.2) is 0 Å². The zero-order chi connectivity index (χ0) is 23.8. The quantitative estimate of drug-likeness (QED) is 0.367. The molecule has 5 heteroatoms. The summed E-state index contributed by atoms with van der Waals surface area (Å²) in [6, 6.07) is 19.2. The SMILES string of the molecule is CCCOC(C)Cc1ccc(C(=O)Nc2ccc(Oc3ccc(C(C)C)cc3)cc2)c(C)n1. The van der Waals surface area contributed by atoms with Gasteiger partial charge in [-0.2, -0.15) is 0 Å². The third-order valence-corrected chi connectivity index (χ3v) is 5.39. The summed E-state index contributed by atoms with van der Waals surface area (Å²) in [6.45, 7) is 11.1. The number of aromatic nitrogens is 1. The molecule has 0 fully saturated rings. The van der Waals surface area contributed by atoms with Gasteiger partial charge in [0.25, 0.3) is 5.91 Å². The van der Waals surface area contributed by atoms with E-state index in [-0.39, 0.29) is 12.0 Å². The number of nitrogens with one attached hydrogen (secondary N) is 1. The van der Waals surface area contributed by atoms with E-state index in [1.165, 1.54) is 5.56 Å². The van der Waals surface area contributed by atoms with Gasteiger partial charge in [-0.05, 0) is 80.3 Å². The lowest BCUT2D eigenvalue weighted by molar-refractivity contribution is 0.0663. The molecule has 0 aliphatic rings. The van der Waals surface area contributed by atoms with Crippen molar-refractivity contribution in [3.8, 4) is 11.5 Å². The molecule has 33 heavy (non-hydrogen) atoms. The first kappa shape index (κ1) is 24.5. The highest BCUT2D eigenvalue weighted by atomic mass is 16.5. The summed E-state index contributed by atoms with van der Waals surface area (Å²) in [5, 5.41) is 2.94. The average Bonchev–Trinajstić information content (AvgIpc) is 2.79. The van der Waals surface area contributed by atoms with E-state index in [1.54, 1.807) is 0 Å². The molecule has 0 saturated carbocycles. The van der Waals surface area contributed by atoms with Crippen LogP contribution in [0.15, 0.2) is 60.7 Å². The number of hydrogen-bond acceptors (Lipinski definition) is 4. The molecule has 2 aromatic carbocycles. The maximum atomic E-state index is 12.8. The van der Waals surface area contributed by atoms with Crippen LogP contribution in [0.3, 0.4) is 0 Å². The van der Waals surface area contributed by atoms with Gasteiger partial charge in [-0.1, -0.05) is 32.9 Å². The Morgan fingerprint density at radius 3 is 2.15 bits per heavy atom. The standard InChI is InChI=1S/C28H34N2O3/c1-6-17-32-20(4)18-24-11-16-27(21(5)29-24)28(31)30-23-9-14-26(15-10-23)33-25-12-7-22(8-13-25)19(2)3/h7-16,19-20H,6,17-18H2,1-5H3,(H,30,31). The maximum Gasteiger partial charge on any atom is 0.257 e. The smallest absolute Gasteiger partial charge is 0.257 e. The van der Waals surface area contributed by atoms with Crippen LogP contribution in [0.25, 0.3) is 0 Å². The third kappa shape index (κ3) is 7.16. The molecule has 0 aliphatic carbocycles. The molecule has 5 nitrogen and oxygen atoms in total. The fourth-order valence-corrected chi connectivity index (χ4v) is 3.50. The second kappa shape index (κ2) is 11.6. The summed E-state index contributed by atoms with van der Waals surface area (Å²) in [4.78, 5) is 17.4. The van der Waals surface area contributed by atoms with Gasteiger partial charge in [-0.15, -0.1) is 0 Å². The number of hydrogen-bond donors (Lipinski definition) is 1. The number of pyridine rings is 1. The molecule has 1 aromatic heterocycles. The molecule has 174 valence electrons. The van der Waals surface area contributed by atoms with E-state index in [0.717, 1.165) is 30.9 Å². The molecule has 1 N–H and O–H groups in total. The number of benzene rings is 2. The molecule has 3 rings (SSSR count). The van der Waals surface area contributed by atoms with Gasteiger partial charge in [-0.25, -0.2) is 0 Å². The van der Waals surface area contributed by atoms with Crippen LogP contribution in [0.1, 0.15) is 67.3 Å². The summed E-state index contributed by atoms with van der Waals surface area (Å²) in [7, 11) is 0. The van der Waals surface area contributed by atoms with E-state index < -0.39 is 0 Å². The first-order chi connectivity index (χ1) is 15.9. The van der Waals surface area contributed by atoms with Crippen LogP contribution in [0.5, 0.6) is 11.5 Å². The number of carbonyl (C=O) groups is 1. The van der Waals surface area contributed by atoms with Crippen LogP contribution in [0.4, 0.5) is 5.69 Å². The van der Waals surface area contributed by atoms with Crippen LogP contribution in [0.2, 0.25) is 0 Å². The number of amides is 1. The molecule has 0 aliphatic heterocycles. The number of ether oxygens (including phenoxy) is 2. The first-order valence-corrected chi connectivity index (χ1v) is 11.6. The Morgan fingerprint density at radius 2 is 1.58 bits per heavy atom. The van der Waals surface area contributed by atoms with Crippen molar-refractivity contribution in [2.24, 2.45) is 0 Å². The summed E-state index contributed by atoms with van der Waals surface area (Å²) in [5.41, 5.74) is 4.17. The van der Waals surface area contributed by atoms with Gasteiger partial charge >= 0.3 is 0 Å². The van der Waals surface area contributed by atoms with Crippen molar-refractivity contribution >= 4 is 11.6 Å². The molecule has 0 spiro atoms. The van der Waals surface area contributed by atoms with Gasteiger partial charge in [0, 0.05) is 24.4 Å². The van der Waals surface area contributed by atoms with Gasteiger partial charge in [0.1, 0.15) is 11.5 Å². The third-order valence-electron chi connectivity index (χ3n) is 5.39. The fourth-order valence-electron chi connectivity index (χ4n) is 3.50. The van der Waals surface area contributed by atoms with E-state index >= 15 is 0 Å². The second-order valence-electron chi connectivity index (χ2n) is 8.63. The Morgan fingerprint density at radius 1 is 0.939 bits per heavy atom. The van der Waals surface area contributed by atoms with E-state index in [1.807, 2.05) is 62.4 Å². The van der Waals surface area contributed by atoms with Crippen molar-refractivity contribution in [1.29, 1.82) is 0 Å². The zero-order valence-corrected chi connectivity index (χ0v) is 20.2. The minimum Gasteiger partial charge on any atom is -0.457 e. The highest BCUT2D eigenvalue weighted by molar-refractivity contribution is 6.05. The molecule has 0 radical (unpaired) electrons.